The number of amides is 1. The van der Waals surface area contributed by atoms with Gasteiger partial charge in [0.15, 0.2) is 5.16 Å². The Bertz CT molecular complexity index is 875. The number of carbonyl (C=O) groups is 1. The van der Waals surface area contributed by atoms with Crippen LogP contribution in [0, 0.1) is 0 Å². The molecule has 0 unspecified atom stereocenters. The first-order valence-electron chi connectivity index (χ1n) is 7.33. The van der Waals surface area contributed by atoms with E-state index in [1.54, 1.807) is 12.4 Å². The summed E-state index contributed by atoms with van der Waals surface area (Å²) < 4.78 is 1.98. The molecule has 3 aromatic rings. The first kappa shape index (κ1) is 16.1. The normalized spacial score (nSPS) is 10.5. The topological polar surface area (TPSA) is 71.8 Å². The minimum atomic E-state index is -0.151. The van der Waals surface area contributed by atoms with E-state index in [9.17, 15) is 4.79 Å². The summed E-state index contributed by atoms with van der Waals surface area (Å²) in [5.74, 6) is 0.107. The number of thioether (sulfide) groups is 1. The average molecular weight is 339 g/mol. The second-order valence-electron chi connectivity index (χ2n) is 5.12. The molecule has 122 valence electrons. The number of hydrazine groups is 1. The second-order valence-corrected chi connectivity index (χ2v) is 6.06. The smallest absolute Gasteiger partial charge is 0.248 e. The number of rotatable bonds is 6. The SMILES string of the molecule is C=C(NNC(=O)CSc1nc2ccccc2n1C)c1ccncc1. The third-order valence-electron chi connectivity index (χ3n) is 3.46. The molecular weight excluding hydrogens is 322 g/mol. The number of pyridine rings is 1. The highest BCUT2D eigenvalue weighted by molar-refractivity contribution is 7.99. The highest BCUT2D eigenvalue weighted by atomic mass is 32.2. The van der Waals surface area contributed by atoms with Gasteiger partial charge in [-0.1, -0.05) is 30.5 Å². The predicted molar refractivity (Wildman–Crippen MR) is 96.0 cm³/mol. The molecule has 2 heterocycles. The number of nitrogens with zero attached hydrogens (tertiary/aromatic N) is 3. The molecule has 0 radical (unpaired) electrons. The molecule has 1 amide bonds. The van der Waals surface area contributed by atoms with Gasteiger partial charge in [-0.25, -0.2) is 4.98 Å². The monoisotopic (exact) mass is 339 g/mol. The number of carbonyl (C=O) groups excluding carboxylic acids is 1. The van der Waals surface area contributed by atoms with Crippen LogP contribution in [0.3, 0.4) is 0 Å². The van der Waals surface area contributed by atoms with Gasteiger partial charge in [0, 0.05) is 25.0 Å². The molecule has 2 N–H and O–H groups in total. The Morgan fingerprint density at radius 2 is 1.96 bits per heavy atom. The maximum absolute atomic E-state index is 12.0. The molecule has 6 nitrogen and oxygen atoms in total. The van der Waals surface area contributed by atoms with Crippen molar-refractivity contribution in [3.05, 3.63) is 60.9 Å². The van der Waals surface area contributed by atoms with Crippen molar-refractivity contribution in [2.45, 2.75) is 5.16 Å². The first-order valence-corrected chi connectivity index (χ1v) is 8.32. The fraction of sp³-hybridized carbons (Fsp3) is 0.118. The van der Waals surface area contributed by atoms with Crippen LogP contribution in [0.5, 0.6) is 0 Å². The van der Waals surface area contributed by atoms with Crippen LogP contribution in [0.4, 0.5) is 0 Å². The lowest BCUT2D eigenvalue weighted by atomic mass is 10.2. The Hall–Kier alpha value is -2.80. The molecule has 0 fully saturated rings. The van der Waals surface area contributed by atoms with Gasteiger partial charge in [0.25, 0.3) is 0 Å². The number of fused-ring (bicyclic) bond motifs is 1. The molecule has 0 saturated heterocycles. The van der Waals surface area contributed by atoms with E-state index >= 15 is 0 Å². The zero-order chi connectivity index (χ0) is 16.9. The molecule has 7 heteroatoms. The maximum atomic E-state index is 12.0. The van der Waals surface area contributed by atoms with Gasteiger partial charge in [-0.05, 0) is 24.3 Å². The number of nitrogens with one attached hydrogen (secondary N) is 2. The zero-order valence-electron chi connectivity index (χ0n) is 13.2. The van der Waals surface area contributed by atoms with Crippen molar-refractivity contribution >= 4 is 34.4 Å². The van der Waals surface area contributed by atoms with Crippen molar-refractivity contribution in [1.82, 2.24) is 25.4 Å². The lowest BCUT2D eigenvalue weighted by Crippen LogP contribution is -2.37. The van der Waals surface area contributed by atoms with Crippen molar-refractivity contribution in [3.63, 3.8) is 0 Å². The Kier molecular flexibility index (Phi) is 4.81. The lowest BCUT2D eigenvalue weighted by Gasteiger charge is -2.10. The summed E-state index contributed by atoms with van der Waals surface area (Å²) in [6.07, 6.45) is 3.34. The molecule has 3 rings (SSSR count). The molecule has 24 heavy (non-hydrogen) atoms. The van der Waals surface area contributed by atoms with Gasteiger partial charge in [0.05, 0.1) is 22.5 Å². The minimum absolute atomic E-state index is 0.151. The van der Waals surface area contributed by atoms with Gasteiger partial charge < -0.3 is 4.57 Å². The summed E-state index contributed by atoms with van der Waals surface area (Å²) in [5, 5.41) is 0.805. The molecule has 0 bridgehead atoms. The Balaban J connectivity index is 1.54. The summed E-state index contributed by atoms with van der Waals surface area (Å²) in [5.41, 5.74) is 8.90. The van der Waals surface area contributed by atoms with Gasteiger partial charge in [-0.2, -0.15) is 0 Å². The number of para-hydroxylation sites is 2. The van der Waals surface area contributed by atoms with Crippen LogP contribution in [-0.2, 0) is 11.8 Å². The second kappa shape index (κ2) is 7.18. The van der Waals surface area contributed by atoms with Crippen LogP contribution in [0.2, 0.25) is 0 Å². The third kappa shape index (κ3) is 3.57. The van der Waals surface area contributed by atoms with Gasteiger partial charge in [-0.15, -0.1) is 0 Å². The van der Waals surface area contributed by atoms with Crippen molar-refractivity contribution < 1.29 is 4.79 Å². The number of imidazole rings is 1. The molecule has 2 aromatic heterocycles. The molecule has 0 aliphatic carbocycles. The van der Waals surface area contributed by atoms with Gasteiger partial charge >= 0.3 is 0 Å². The molecule has 0 atom stereocenters. The fourth-order valence-electron chi connectivity index (χ4n) is 2.19. The van der Waals surface area contributed by atoms with Crippen LogP contribution in [-0.4, -0.2) is 26.2 Å². The largest absolute Gasteiger partial charge is 0.322 e. The van der Waals surface area contributed by atoms with Crippen molar-refractivity contribution in [3.8, 4) is 0 Å². The Morgan fingerprint density at radius 3 is 2.71 bits per heavy atom. The first-order chi connectivity index (χ1) is 11.6. The standard InChI is InChI=1S/C17H17N5OS/c1-12(13-7-9-18-10-8-13)20-21-16(23)11-24-17-19-14-5-3-4-6-15(14)22(17)2/h3-10,20H,1,11H2,2H3,(H,21,23). The van der Waals surface area contributed by atoms with Crippen molar-refractivity contribution in [1.29, 1.82) is 0 Å². The van der Waals surface area contributed by atoms with Crippen LogP contribution < -0.4 is 10.9 Å². The summed E-state index contributed by atoms with van der Waals surface area (Å²) >= 11 is 1.39. The highest BCUT2D eigenvalue weighted by Gasteiger charge is 2.10. The van der Waals surface area contributed by atoms with Crippen molar-refractivity contribution in [2.75, 3.05) is 5.75 Å². The lowest BCUT2D eigenvalue weighted by molar-refractivity contribution is -0.119. The van der Waals surface area contributed by atoms with Gasteiger partial charge in [0.1, 0.15) is 0 Å². The van der Waals surface area contributed by atoms with E-state index in [1.807, 2.05) is 48.0 Å². The summed E-state index contributed by atoms with van der Waals surface area (Å²) in [6, 6.07) is 11.5. The molecule has 0 spiro atoms. The Morgan fingerprint density at radius 1 is 1.21 bits per heavy atom. The quantitative estimate of drug-likeness (QED) is 0.533. The molecular formula is C17H17N5OS. The van der Waals surface area contributed by atoms with E-state index in [0.29, 0.717) is 5.70 Å². The zero-order valence-corrected chi connectivity index (χ0v) is 14.0. The van der Waals surface area contributed by atoms with Crippen molar-refractivity contribution in [2.24, 2.45) is 7.05 Å². The number of aryl methyl sites for hydroxylation is 1. The maximum Gasteiger partial charge on any atom is 0.248 e. The summed E-state index contributed by atoms with van der Waals surface area (Å²) in [7, 11) is 1.94. The van der Waals surface area contributed by atoms with E-state index < -0.39 is 0 Å². The van der Waals surface area contributed by atoms with E-state index in [0.717, 1.165) is 21.8 Å². The fourth-order valence-corrected chi connectivity index (χ4v) is 2.98. The highest BCUT2D eigenvalue weighted by Crippen LogP contribution is 2.22. The number of benzene rings is 1. The predicted octanol–water partition coefficient (Wildman–Crippen LogP) is 2.35. The van der Waals surface area contributed by atoms with E-state index in [2.05, 4.69) is 27.4 Å². The molecule has 1 aromatic carbocycles. The number of hydrogen-bond acceptors (Lipinski definition) is 5. The average Bonchev–Trinajstić information content (AvgIpc) is 2.95. The van der Waals surface area contributed by atoms with E-state index in [4.69, 9.17) is 0 Å². The molecule has 0 saturated carbocycles. The number of aromatic nitrogens is 3. The van der Waals surface area contributed by atoms with Crippen LogP contribution in [0.1, 0.15) is 5.56 Å². The minimum Gasteiger partial charge on any atom is -0.322 e. The number of hydrogen-bond donors (Lipinski definition) is 2. The summed E-state index contributed by atoms with van der Waals surface area (Å²) in [6.45, 7) is 3.88. The van der Waals surface area contributed by atoms with Crippen LogP contribution in [0.15, 0.2) is 60.5 Å². The van der Waals surface area contributed by atoms with E-state index in [-0.39, 0.29) is 11.7 Å². The molecule has 0 aliphatic heterocycles. The molecule has 0 aliphatic rings. The summed E-state index contributed by atoms with van der Waals surface area (Å²) in [4.78, 5) is 20.5. The van der Waals surface area contributed by atoms with Crippen LogP contribution >= 0.6 is 11.8 Å². The van der Waals surface area contributed by atoms with E-state index in [1.165, 1.54) is 11.8 Å². The van der Waals surface area contributed by atoms with Gasteiger partial charge in [0.2, 0.25) is 5.91 Å². The third-order valence-corrected chi connectivity index (χ3v) is 4.49. The van der Waals surface area contributed by atoms with Crippen LogP contribution in [0.25, 0.3) is 16.7 Å². The Labute approximate surface area is 144 Å². The van der Waals surface area contributed by atoms with Gasteiger partial charge in [-0.3, -0.25) is 20.6 Å².